The number of piperidine rings is 1. The Morgan fingerprint density at radius 2 is 1.57 bits per heavy atom. The van der Waals surface area contributed by atoms with Gasteiger partial charge in [0.05, 0.1) is 15.9 Å². The van der Waals surface area contributed by atoms with Gasteiger partial charge in [0.2, 0.25) is 15.9 Å². The third-order valence-corrected chi connectivity index (χ3v) is 9.10. The van der Waals surface area contributed by atoms with Gasteiger partial charge < -0.3 is 4.90 Å². The number of anilines is 2. The fourth-order valence-electron chi connectivity index (χ4n) is 5.10. The summed E-state index contributed by atoms with van der Waals surface area (Å²) in [5.74, 6) is 1.07. The number of sulfonamides is 1. The average molecular weight is 494 g/mol. The summed E-state index contributed by atoms with van der Waals surface area (Å²) < 4.78 is 28.1. The van der Waals surface area contributed by atoms with Gasteiger partial charge in [0.25, 0.3) is 0 Å². The zero-order chi connectivity index (χ0) is 24.7. The number of para-hydroxylation sites is 2. The number of carbonyl (C=O) groups is 1. The number of carbonyl (C=O) groups excluding carboxylic acids is 1. The number of aromatic nitrogens is 2. The molecule has 1 saturated heterocycles. The van der Waals surface area contributed by atoms with E-state index in [4.69, 9.17) is 9.97 Å². The summed E-state index contributed by atoms with van der Waals surface area (Å²) in [5, 5.41) is 0. The van der Waals surface area contributed by atoms with Crippen molar-refractivity contribution in [2.75, 3.05) is 43.0 Å². The van der Waals surface area contributed by atoms with E-state index in [1.54, 1.807) is 11.0 Å². The Kier molecular flexibility index (Phi) is 6.23. The second-order valence-corrected chi connectivity index (χ2v) is 11.5. The summed E-state index contributed by atoms with van der Waals surface area (Å²) in [6.45, 7) is 5.80. The first-order valence-corrected chi connectivity index (χ1v) is 13.6. The third kappa shape index (κ3) is 4.38. The summed E-state index contributed by atoms with van der Waals surface area (Å²) in [6, 6.07) is 13.1. The van der Waals surface area contributed by atoms with Crippen LogP contribution in [0.15, 0.2) is 47.4 Å². The Labute approximate surface area is 206 Å². The van der Waals surface area contributed by atoms with Crippen molar-refractivity contribution in [3.05, 3.63) is 53.6 Å². The third-order valence-electron chi connectivity index (χ3n) is 7.04. The minimum absolute atomic E-state index is 0.00898. The number of aryl methyl sites for hydroxylation is 2. The van der Waals surface area contributed by atoms with E-state index >= 15 is 0 Å². The molecule has 3 aromatic rings. The van der Waals surface area contributed by atoms with E-state index in [2.05, 4.69) is 4.90 Å². The average Bonchev–Trinajstić information content (AvgIpc) is 3.00. The Hall–Kier alpha value is -3.04. The van der Waals surface area contributed by atoms with Crippen LogP contribution < -0.4 is 9.80 Å². The topological polar surface area (TPSA) is 86.7 Å². The number of rotatable bonds is 3. The lowest BCUT2D eigenvalue weighted by Crippen LogP contribution is -2.45. The molecule has 184 valence electrons. The lowest BCUT2D eigenvalue weighted by atomic mass is 9.96. The second-order valence-electron chi connectivity index (χ2n) is 9.57. The highest BCUT2D eigenvalue weighted by molar-refractivity contribution is 7.89. The van der Waals surface area contributed by atoms with E-state index in [0.29, 0.717) is 49.0 Å². The summed E-state index contributed by atoms with van der Waals surface area (Å²) in [4.78, 5) is 27.5. The molecule has 3 heterocycles. The number of nitrogens with zero attached hydrogens (tertiary/aromatic N) is 5. The van der Waals surface area contributed by atoms with Gasteiger partial charge in [-0.2, -0.15) is 4.31 Å². The first-order chi connectivity index (χ1) is 16.8. The van der Waals surface area contributed by atoms with Gasteiger partial charge in [-0.1, -0.05) is 29.8 Å². The minimum atomic E-state index is -3.59. The number of benzene rings is 2. The highest BCUT2D eigenvalue weighted by atomic mass is 32.2. The van der Waals surface area contributed by atoms with Crippen molar-refractivity contribution in [3.63, 3.8) is 0 Å². The molecular weight excluding hydrogens is 462 g/mol. The smallest absolute Gasteiger partial charge is 0.243 e. The number of fused-ring (bicyclic) bond motifs is 2. The van der Waals surface area contributed by atoms with Gasteiger partial charge in [0.15, 0.2) is 11.6 Å². The molecule has 0 radical (unpaired) electrons. The summed E-state index contributed by atoms with van der Waals surface area (Å²) in [5.41, 5.74) is 3.34. The molecule has 2 aliphatic heterocycles. The van der Waals surface area contributed by atoms with Gasteiger partial charge >= 0.3 is 0 Å². The van der Waals surface area contributed by atoms with E-state index in [0.717, 1.165) is 35.1 Å². The maximum atomic E-state index is 13.7. The Morgan fingerprint density at radius 3 is 2.23 bits per heavy atom. The van der Waals surface area contributed by atoms with Gasteiger partial charge in [-0.05, 0) is 56.9 Å². The molecule has 9 heteroatoms. The summed E-state index contributed by atoms with van der Waals surface area (Å²) in [6.07, 6.45) is 1.80. The van der Waals surface area contributed by atoms with Crippen molar-refractivity contribution in [2.45, 2.75) is 38.0 Å². The van der Waals surface area contributed by atoms with E-state index in [-0.39, 0.29) is 11.8 Å². The molecule has 35 heavy (non-hydrogen) atoms. The van der Waals surface area contributed by atoms with Gasteiger partial charge in [-0.15, -0.1) is 0 Å². The van der Waals surface area contributed by atoms with Crippen LogP contribution in [0.2, 0.25) is 0 Å². The molecule has 0 N–H and O–H groups in total. The molecule has 1 fully saturated rings. The molecule has 5 rings (SSSR count). The molecule has 2 aliphatic rings. The fourth-order valence-corrected chi connectivity index (χ4v) is 6.78. The standard InChI is InChI=1S/C26H31N5O3S/c1-18-9-10-23(19(2)17-18)35(33,34)30-15-11-20(12-16-30)26(32)31-14-6-13-29(3)24-25(31)28-22-8-5-4-7-21(22)27-24/h4-5,7-10,17,20H,6,11-16H2,1-3H3. The summed E-state index contributed by atoms with van der Waals surface area (Å²) in [7, 11) is -1.61. The normalized spacial score (nSPS) is 17.9. The molecule has 1 aromatic heterocycles. The lowest BCUT2D eigenvalue weighted by Gasteiger charge is -2.33. The first-order valence-electron chi connectivity index (χ1n) is 12.1. The molecule has 2 aromatic carbocycles. The maximum absolute atomic E-state index is 13.7. The fraction of sp³-hybridized carbons (Fsp3) is 0.423. The van der Waals surface area contributed by atoms with Crippen molar-refractivity contribution in [2.24, 2.45) is 5.92 Å². The number of amides is 1. The van der Waals surface area contributed by atoms with Crippen molar-refractivity contribution in [1.82, 2.24) is 14.3 Å². The van der Waals surface area contributed by atoms with Crippen LogP contribution in [-0.4, -0.2) is 61.8 Å². The minimum Gasteiger partial charge on any atom is -0.357 e. The van der Waals surface area contributed by atoms with E-state index in [1.807, 2.05) is 57.3 Å². The SMILES string of the molecule is Cc1ccc(S(=O)(=O)N2CCC(C(=O)N3CCCN(C)c4nc5ccccc5nc43)CC2)c(C)c1. The highest BCUT2D eigenvalue weighted by Crippen LogP contribution is 2.33. The molecule has 0 saturated carbocycles. The van der Waals surface area contributed by atoms with Crippen LogP contribution in [0, 0.1) is 19.8 Å². The number of hydrogen-bond donors (Lipinski definition) is 0. The zero-order valence-corrected chi connectivity index (χ0v) is 21.3. The Balaban J connectivity index is 1.37. The van der Waals surface area contributed by atoms with Crippen LogP contribution in [0.5, 0.6) is 0 Å². The van der Waals surface area contributed by atoms with Gasteiger partial charge in [0, 0.05) is 39.1 Å². The predicted molar refractivity (Wildman–Crippen MR) is 137 cm³/mol. The van der Waals surface area contributed by atoms with E-state index < -0.39 is 10.0 Å². The van der Waals surface area contributed by atoms with Crippen LogP contribution in [0.4, 0.5) is 11.6 Å². The quantitative estimate of drug-likeness (QED) is 0.555. The van der Waals surface area contributed by atoms with Gasteiger partial charge in [-0.3, -0.25) is 9.69 Å². The van der Waals surface area contributed by atoms with E-state index in [1.165, 1.54) is 4.31 Å². The van der Waals surface area contributed by atoms with Crippen LogP contribution in [-0.2, 0) is 14.8 Å². The van der Waals surface area contributed by atoms with Crippen molar-refractivity contribution in [3.8, 4) is 0 Å². The molecule has 0 spiro atoms. The molecule has 0 bridgehead atoms. The van der Waals surface area contributed by atoms with Crippen molar-refractivity contribution in [1.29, 1.82) is 0 Å². The Morgan fingerprint density at radius 1 is 0.914 bits per heavy atom. The lowest BCUT2D eigenvalue weighted by molar-refractivity contribution is -0.123. The first kappa shape index (κ1) is 23.7. The largest absolute Gasteiger partial charge is 0.357 e. The molecule has 1 amide bonds. The number of hydrogen-bond acceptors (Lipinski definition) is 6. The molecule has 0 unspecified atom stereocenters. The van der Waals surface area contributed by atoms with Gasteiger partial charge in [0.1, 0.15) is 0 Å². The van der Waals surface area contributed by atoms with Crippen LogP contribution in [0.25, 0.3) is 11.0 Å². The van der Waals surface area contributed by atoms with E-state index in [9.17, 15) is 13.2 Å². The molecule has 0 atom stereocenters. The summed E-state index contributed by atoms with van der Waals surface area (Å²) >= 11 is 0. The van der Waals surface area contributed by atoms with Crippen LogP contribution >= 0.6 is 0 Å². The maximum Gasteiger partial charge on any atom is 0.243 e. The molecule has 0 aliphatic carbocycles. The van der Waals surface area contributed by atoms with Crippen molar-refractivity contribution >= 4 is 38.6 Å². The monoisotopic (exact) mass is 493 g/mol. The molecule has 8 nitrogen and oxygen atoms in total. The predicted octanol–water partition coefficient (Wildman–Crippen LogP) is 3.52. The Bertz CT molecular complexity index is 1380. The van der Waals surface area contributed by atoms with Crippen LogP contribution in [0.1, 0.15) is 30.4 Å². The highest BCUT2D eigenvalue weighted by Gasteiger charge is 2.36. The van der Waals surface area contributed by atoms with Crippen LogP contribution in [0.3, 0.4) is 0 Å². The molecular formula is C26H31N5O3S. The van der Waals surface area contributed by atoms with Gasteiger partial charge in [-0.25, -0.2) is 18.4 Å². The second kappa shape index (κ2) is 9.20. The zero-order valence-electron chi connectivity index (χ0n) is 20.4. The van der Waals surface area contributed by atoms with Crippen molar-refractivity contribution < 1.29 is 13.2 Å².